The third kappa shape index (κ3) is 2.35. The first kappa shape index (κ1) is 12.2. The number of hydrogen-bond acceptors (Lipinski definition) is 1. The second-order valence-corrected chi connectivity index (χ2v) is 5.71. The molecule has 0 radical (unpaired) electrons. The Labute approximate surface area is 114 Å². The maximum absolute atomic E-state index is 11.8. The van der Waals surface area contributed by atoms with E-state index in [1.54, 1.807) is 0 Å². The molecule has 1 fully saturated rings. The Bertz CT molecular complexity index is 421. The van der Waals surface area contributed by atoms with E-state index in [0.717, 1.165) is 17.8 Å². The molecule has 1 aliphatic rings. The van der Waals surface area contributed by atoms with Crippen LogP contribution in [0.1, 0.15) is 12.0 Å². The topological polar surface area (TPSA) is 20.3 Å². The van der Waals surface area contributed by atoms with E-state index in [-0.39, 0.29) is 5.91 Å². The van der Waals surface area contributed by atoms with E-state index in [0.29, 0.717) is 18.2 Å². The zero-order valence-corrected chi connectivity index (χ0v) is 12.0. The van der Waals surface area contributed by atoms with E-state index in [9.17, 15) is 4.79 Å². The number of carbonyl (C=O) groups is 1. The van der Waals surface area contributed by atoms with Gasteiger partial charge in [-0.1, -0.05) is 0 Å². The molecule has 2 nitrogen and oxygen atoms in total. The third-order valence-corrected chi connectivity index (χ3v) is 3.98. The molecule has 0 spiro atoms. The van der Waals surface area contributed by atoms with Crippen molar-refractivity contribution in [2.75, 3.05) is 17.3 Å². The van der Waals surface area contributed by atoms with Crippen LogP contribution >= 0.6 is 34.2 Å². The molecule has 86 valence electrons. The first-order valence-corrected chi connectivity index (χ1v) is 6.85. The van der Waals surface area contributed by atoms with Gasteiger partial charge in [-0.2, -0.15) is 0 Å². The average Bonchev–Trinajstić information content (AvgIpc) is 2.60. The molecule has 0 aliphatic carbocycles. The van der Waals surface area contributed by atoms with Crippen molar-refractivity contribution in [3.63, 3.8) is 0 Å². The first-order valence-electron chi connectivity index (χ1n) is 5.24. The van der Waals surface area contributed by atoms with Crippen molar-refractivity contribution in [2.45, 2.75) is 13.3 Å². The van der Waals surface area contributed by atoms with Crippen LogP contribution in [-0.2, 0) is 4.79 Å². The number of anilines is 1. The zero-order chi connectivity index (χ0) is 11.7. The van der Waals surface area contributed by atoms with Gasteiger partial charge in [0, 0.05) is 28.1 Å². The second kappa shape index (κ2) is 4.92. The lowest BCUT2D eigenvalue weighted by Gasteiger charge is -2.19. The van der Waals surface area contributed by atoms with Crippen molar-refractivity contribution in [1.82, 2.24) is 0 Å². The summed E-state index contributed by atoms with van der Waals surface area (Å²) in [4.78, 5) is 13.7. The first-order chi connectivity index (χ1) is 7.61. The monoisotopic (exact) mass is 349 g/mol. The van der Waals surface area contributed by atoms with Gasteiger partial charge in [0.15, 0.2) is 0 Å². The number of amides is 1. The largest absolute Gasteiger partial charge is 0.312 e. The van der Waals surface area contributed by atoms with Gasteiger partial charge < -0.3 is 4.90 Å². The van der Waals surface area contributed by atoms with Crippen LogP contribution in [0.15, 0.2) is 18.2 Å². The van der Waals surface area contributed by atoms with Crippen LogP contribution in [0.3, 0.4) is 0 Å². The summed E-state index contributed by atoms with van der Waals surface area (Å²) in [7, 11) is 0. The number of halogens is 2. The SMILES string of the molecule is Cc1cc(I)ccc1N1CC(CCl)CC1=O. The zero-order valence-electron chi connectivity index (χ0n) is 9.04. The number of rotatable bonds is 2. The normalized spacial score (nSPS) is 20.6. The van der Waals surface area contributed by atoms with Crippen molar-refractivity contribution in [1.29, 1.82) is 0 Å². The highest BCUT2D eigenvalue weighted by Crippen LogP contribution is 2.29. The predicted octanol–water partition coefficient (Wildman–Crippen LogP) is 3.19. The van der Waals surface area contributed by atoms with Crippen LogP contribution in [0.2, 0.25) is 0 Å². The van der Waals surface area contributed by atoms with Gasteiger partial charge in [0.25, 0.3) is 0 Å². The maximum Gasteiger partial charge on any atom is 0.227 e. The van der Waals surface area contributed by atoms with E-state index in [1.807, 2.05) is 24.0 Å². The summed E-state index contributed by atoms with van der Waals surface area (Å²) in [6, 6.07) is 6.15. The van der Waals surface area contributed by atoms with Crippen LogP contribution in [0.4, 0.5) is 5.69 Å². The molecule has 4 heteroatoms. The van der Waals surface area contributed by atoms with Crippen molar-refractivity contribution in [3.05, 3.63) is 27.3 Å². The van der Waals surface area contributed by atoms with Gasteiger partial charge in [0.2, 0.25) is 5.91 Å². The van der Waals surface area contributed by atoms with E-state index in [1.165, 1.54) is 3.57 Å². The van der Waals surface area contributed by atoms with Crippen LogP contribution < -0.4 is 4.90 Å². The lowest BCUT2D eigenvalue weighted by atomic mass is 10.1. The molecular formula is C12H13ClINO. The lowest BCUT2D eigenvalue weighted by Crippen LogP contribution is -2.25. The van der Waals surface area contributed by atoms with E-state index in [2.05, 4.69) is 28.7 Å². The summed E-state index contributed by atoms with van der Waals surface area (Å²) in [5, 5.41) is 0. The quantitative estimate of drug-likeness (QED) is 0.593. The van der Waals surface area contributed by atoms with Crippen LogP contribution in [0.25, 0.3) is 0 Å². The van der Waals surface area contributed by atoms with Gasteiger partial charge in [-0.3, -0.25) is 4.79 Å². The van der Waals surface area contributed by atoms with Crippen LogP contribution in [0.5, 0.6) is 0 Å². The molecule has 0 bridgehead atoms. The highest BCUT2D eigenvalue weighted by atomic mass is 127. The Morgan fingerprint density at radius 3 is 2.88 bits per heavy atom. The van der Waals surface area contributed by atoms with Crippen molar-refractivity contribution >= 4 is 45.8 Å². The molecule has 2 rings (SSSR count). The minimum absolute atomic E-state index is 0.190. The van der Waals surface area contributed by atoms with E-state index >= 15 is 0 Å². The molecule has 1 aromatic rings. The summed E-state index contributed by atoms with van der Waals surface area (Å²) in [6.45, 7) is 2.79. The smallest absolute Gasteiger partial charge is 0.227 e. The van der Waals surface area contributed by atoms with E-state index < -0.39 is 0 Å². The summed E-state index contributed by atoms with van der Waals surface area (Å²) in [5.74, 6) is 1.05. The molecule has 1 saturated heterocycles. The number of nitrogens with zero attached hydrogens (tertiary/aromatic N) is 1. The van der Waals surface area contributed by atoms with Crippen molar-refractivity contribution in [2.24, 2.45) is 5.92 Å². The highest BCUT2D eigenvalue weighted by molar-refractivity contribution is 14.1. The molecule has 1 amide bonds. The van der Waals surface area contributed by atoms with E-state index in [4.69, 9.17) is 11.6 Å². The van der Waals surface area contributed by atoms with Gasteiger partial charge in [-0.15, -0.1) is 11.6 Å². The minimum Gasteiger partial charge on any atom is -0.312 e. The number of benzene rings is 1. The minimum atomic E-state index is 0.190. The summed E-state index contributed by atoms with van der Waals surface area (Å²) >= 11 is 8.09. The van der Waals surface area contributed by atoms with Crippen molar-refractivity contribution < 1.29 is 4.79 Å². The Morgan fingerprint density at radius 2 is 2.31 bits per heavy atom. The fourth-order valence-electron chi connectivity index (χ4n) is 2.04. The van der Waals surface area contributed by atoms with Crippen LogP contribution in [-0.4, -0.2) is 18.3 Å². The highest BCUT2D eigenvalue weighted by Gasteiger charge is 2.30. The average molecular weight is 350 g/mol. The molecule has 1 unspecified atom stereocenters. The molecule has 1 atom stereocenters. The summed E-state index contributed by atoms with van der Waals surface area (Å²) in [6.07, 6.45) is 0.578. The third-order valence-electron chi connectivity index (χ3n) is 2.87. The molecule has 0 saturated carbocycles. The maximum atomic E-state index is 11.8. The van der Waals surface area contributed by atoms with Crippen molar-refractivity contribution in [3.8, 4) is 0 Å². The molecule has 0 N–H and O–H groups in total. The fourth-order valence-corrected chi connectivity index (χ4v) is 2.89. The Kier molecular flexibility index (Phi) is 3.74. The molecule has 0 aromatic heterocycles. The summed E-state index contributed by atoms with van der Waals surface area (Å²) < 4.78 is 1.19. The van der Waals surface area contributed by atoms with Gasteiger partial charge in [0.05, 0.1) is 0 Å². The Balaban J connectivity index is 2.28. The Morgan fingerprint density at radius 1 is 1.56 bits per heavy atom. The number of hydrogen-bond donors (Lipinski definition) is 0. The molecule has 16 heavy (non-hydrogen) atoms. The molecule has 1 aromatic carbocycles. The standard InChI is InChI=1S/C12H13ClINO/c1-8-4-10(14)2-3-11(8)15-7-9(6-13)5-12(15)16/h2-4,9H,5-7H2,1H3. The lowest BCUT2D eigenvalue weighted by molar-refractivity contribution is -0.117. The Hall–Kier alpha value is -0.290. The molecular weight excluding hydrogens is 336 g/mol. The summed E-state index contributed by atoms with van der Waals surface area (Å²) in [5.41, 5.74) is 2.17. The number of aryl methyl sites for hydroxylation is 1. The predicted molar refractivity (Wildman–Crippen MR) is 75.1 cm³/mol. The fraction of sp³-hybridized carbons (Fsp3) is 0.417. The molecule has 1 heterocycles. The van der Waals surface area contributed by atoms with Gasteiger partial charge in [0.1, 0.15) is 0 Å². The number of alkyl halides is 1. The molecule has 1 aliphatic heterocycles. The number of carbonyl (C=O) groups excluding carboxylic acids is 1. The van der Waals surface area contributed by atoms with Crippen LogP contribution in [0, 0.1) is 16.4 Å². The van der Waals surface area contributed by atoms with Gasteiger partial charge in [-0.05, 0) is 59.2 Å². The second-order valence-electron chi connectivity index (χ2n) is 4.16. The van der Waals surface area contributed by atoms with Gasteiger partial charge >= 0.3 is 0 Å². The van der Waals surface area contributed by atoms with Gasteiger partial charge in [-0.25, -0.2) is 0 Å².